The highest BCUT2D eigenvalue weighted by Gasteiger charge is 2.44. The molecule has 0 spiro atoms. The number of ether oxygens (including phenoxy) is 2. The van der Waals surface area contributed by atoms with Gasteiger partial charge < -0.3 is 13.9 Å². The van der Waals surface area contributed by atoms with E-state index in [-0.39, 0.29) is 11.6 Å². The molecule has 174 valence electrons. The van der Waals surface area contributed by atoms with Crippen LogP contribution in [0.1, 0.15) is 40.7 Å². The SMILES string of the molecule is CC1(C)OC[C@H](C2C=C(O[Si](C)(C)C(C)(C)C)Cn3c(=O)n(-c4ccccc4)c(=O)n32)O1. The molecule has 2 aliphatic heterocycles. The smallest absolute Gasteiger partial charge is 0.352 e. The first kappa shape index (κ1) is 22.8. The van der Waals surface area contributed by atoms with Crippen LogP contribution in [-0.4, -0.2) is 40.7 Å². The van der Waals surface area contributed by atoms with E-state index in [0.29, 0.717) is 18.1 Å². The first-order chi connectivity index (χ1) is 14.8. The summed E-state index contributed by atoms with van der Waals surface area (Å²) >= 11 is 0. The molecule has 2 atom stereocenters. The van der Waals surface area contributed by atoms with E-state index >= 15 is 0 Å². The molecule has 3 heterocycles. The van der Waals surface area contributed by atoms with Crippen molar-refractivity contribution in [1.29, 1.82) is 0 Å². The minimum atomic E-state index is -2.15. The van der Waals surface area contributed by atoms with Gasteiger partial charge in [0.1, 0.15) is 18.7 Å². The number of nitrogens with zero attached hydrogens (tertiary/aromatic N) is 3. The third kappa shape index (κ3) is 3.93. The highest BCUT2D eigenvalue weighted by molar-refractivity contribution is 6.74. The van der Waals surface area contributed by atoms with Gasteiger partial charge >= 0.3 is 11.4 Å². The zero-order chi connectivity index (χ0) is 23.5. The number of hydrogen-bond acceptors (Lipinski definition) is 5. The van der Waals surface area contributed by atoms with Crippen LogP contribution in [0.4, 0.5) is 0 Å². The number of hydrogen-bond donors (Lipinski definition) is 0. The maximum absolute atomic E-state index is 13.5. The van der Waals surface area contributed by atoms with Gasteiger partial charge in [-0.2, -0.15) is 0 Å². The number of fused-ring (bicyclic) bond motifs is 1. The molecule has 4 rings (SSSR count). The predicted molar refractivity (Wildman–Crippen MR) is 125 cm³/mol. The Morgan fingerprint density at radius 3 is 2.31 bits per heavy atom. The van der Waals surface area contributed by atoms with Crippen molar-refractivity contribution in [2.24, 2.45) is 0 Å². The normalized spacial score (nSPS) is 23.0. The van der Waals surface area contributed by atoms with Gasteiger partial charge in [0.2, 0.25) is 8.32 Å². The van der Waals surface area contributed by atoms with E-state index in [2.05, 4.69) is 33.9 Å². The lowest BCUT2D eigenvalue weighted by atomic mass is 10.1. The van der Waals surface area contributed by atoms with Gasteiger partial charge in [-0.05, 0) is 50.2 Å². The van der Waals surface area contributed by atoms with Crippen LogP contribution in [0.3, 0.4) is 0 Å². The Morgan fingerprint density at radius 2 is 1.75 bits per heavy atom. The summed E-state index contributed by atoms with van der Waals surface area (Å²) in [5.41, 5.74) is -0.262. The summed E-state index contributed by atoms with van der Waals surface area (Å²) in [6.45, 7) is 15.1. The van der Waals surface area contributed by atoms with Gasteiger partial charge in [0.05, 0.1) is 18.1 Å². The lowest BCUT2D eigenvalue weighted by Crippen LogP contribution is -2.44. The van der Waals surface area contributed by atoms with Crippen molar-refractivity contribution in [1.82, 2.24) is 13.9 Å². The lowest BCUT2D eigenvalue weighted by Gasteiger charge is -2.39. The van der Waals surface area contributed by atoms with Gasteiger partial charge in [-0.15, -0.1) is 0 Å². The summed E-state index contributed by atoms with van der Waals surface area (Å²) in [5.74, 6) is -0.0603. The lowest BCUT2D eigenvalue weighted by molar-refractivity contribution is -0.142. The summed E-state index contributed by atoms with van der Waals surface area (Å²) in [6, 6.07) is 8.45. The van der Waals surface area contributed by atoms with Crippen molar-refractivity contribution >= 4 is 8.32 Å². The van der Waals surface area contributed by atoms with E-state index in [0.717, 1.165) is 0 Å². The second-order valence-electron chi connectivity index (χ2n) is 10.5. The largest absolute Gasteiger partial charge is 0.545 e. The van der Waals surface area contributed by atoms with Gasteiger partial charge in [0, 0.05) is 0 Å². The van der Waals surface area contributed by atoms with Gasteiger partial charge in [-0.25, -0.2) is 23.5 Å². The van der Waals surface area contributed by atoms with Crippen molar-refractivity contribution in [2.45, 2.75) is 77.2 Å². The standard InChI is InChI=1S/C23H33N3O5Si/c1-22(2,3)32(6,7)31-17-13-18(19-15-29-23(4,5)30-19)26-21(28)25(20(27)24(26)14-17)16-11-9-8-10-12-16/h8-13,18-19H,14-15H2,1-7H3/t18?,19-/m1/s1. The molecule has 1 unspecified atom stereocenters. The van der Waals surface area contributed by atoms with E-state index in [1.54, 1.807) is 24.3 Å². The molecule has 1 saturated heterocycles. The van der Waals surface area contributed by atoms with Crippen LogP contribution in [-0.2, 0) is 20.4 Å². The van der Waals surface area contributed by atoms with Gasteiger partial charge in [-0.3, -0.25) is 0 Å². The second-order valence-corrected chi connectivity index (χ2v) is 15.2. The molecule has 2 aliphatic rings. The number of para-hydroxylation sites is 1. The fourth-order valence-electron chi connectivity index (χ4n) is 3.88. The predicted octanol–water partition coefficient (Wildman–Crippen LogP) is 3.41. The highest BCUT2D eigenvalue weighted by atomic mass is 28.4. The van der Waals surface area contributed by atoms with Crippen LogP contribution >= 0.6 is 0 Å². The van der Waals surface area contributed by atoms with Crippen LogP contribution < -0.4 is 11.4 Å². The minimum absolute atomic E-state index is 0.00363. The molecule has 1 aromatic heterocycles. The van der Waals surface area contributed by atoms with Crippen molar-refractivity contribution in [3.8, 4) is 5.69 Å². The third-order valence-corrected chi connectivity index (χ3v) is 11.0. The summed E-state index contributed by atoms with van der Waals surface area (Å²) in [4.78, 5) is 26.9. The second kappa shape index (κ2) is 7.60. The Balaban J connectivity index is 1.83. The van der Waals surface area contributed by atoms with E-state index < -0.39 is 37.6 Å². The first-order valence-corrected chi connectivity index (χ1v) is 13.9. The molecular weight excluding hydrogens is 426 g/mol. The maximum Gasteiger partial charge on any atom is 0.352 e. The van der Waals surface area contributed by atoms with E-state index in [4.69, 9.17) is 13.9 Å². The Bertz CT molecular complexity index is 1150. The molecule has 1 fully saturated rings. The van der Waals surface area contributed by atoms with Crippen LogP contribution in [0.2, 0.25) is 18.1 Å². The maximum atomic E-state index is 13.5. The van der Waals surface area contributed by atoms with Gasteiger partial charge in [0.25, 0.3) is 0 Å². The van der Waals surface area contributed by atoms with E-state index in [1.807, 2.05) is 26.0 Å². The molecule has 0 N–H and O–H groups in total. The van der Waals surface area contributed by atoms with Crippen molar-refractivity contribution in [3.05, 3.63) is 63.1 Å². The third-order valence-electron chi connectivity index (χ3n) is 6.62. The fourth-order valence-corrected chi connectivity index (χ4v) is 4.98. The van der Waals surface area contributed by atoms with Gasteiger partial charge in [0.15, 0.2) is 5.79 Å². The average Bonchev–Trinajstić information content (AvgIpc) is 3.17. The van der Waals surface area contributed by atoms with Crippen LogP contribution in [0.5, 0.6) is 0 Å². The van der Waals surface area contributed by atoms with Crippen LogP contribution in [0.15, 0.2) is 51.8 Å². The average molecular weight is 460 g/mol. The molecule has 0 bridgehead atoms. The molecule has 0 radical (unpaired) electrons. The summed E-state index contributed by atoms with van der Waals surface area (Å²) in [6.07, 6.45) is 1.52. The number of benzene rings is 1. The number of aromatic nitrogens is 3. The van der Waals surface area contributed by atoms with Gasteiger partial charge in [-0.1, -0.05) is 39.0 Å². The molecule has 1 aromatic carbocycles. The Morgan fingerprint density at radius 1 is 1.09 bits per heavy atom. The van der Waals surface area contributed by atoms with Crippen molar-refractivity contribution < 1.29 is 13.9 Å². The Hall–Kier alpha value is -2.36. The highest BCUT2D eigenvalue weighted by Crippen LogP contribution is 2.39. The van der Waals surface area contributed by atoms with E-state index in [1.165, 1.54) is 13.9 Å². The zero-order valence-corrected chi connectivity index (χ0v) is 20.9. The van der Waals surface area contributed by atoms with Crippen LogP contribution in [0.25, 0.3) is 5.69 Å². The molecular formula is C23H33N3O5Si. The Kier molecular flexibility index (Phi) is 5.42. The summed E-state index contributed by atoms with van der Waals surface area (Å²) in [5, 5.41) is -0.00363. The monoisotopic (exact) mass is 459 g/mol. The summed E-state index contributed by atoms with van der Waals surface area (Å²) < 4.78 is 22.6. The van der Waals surface area contributed by atoms with Crippen LogP contribution in [0, 0.1) is 0 Å². The Labute approximate surface area is 189 Å². The number of rotatable bonds is 4. The topological polar surface area (TPSA) is 76.6 Å². The number of allylic oxidation sites excluding steroid dienone is 1. The van der Waals surface area contributed by atoms with Crippen molar-refractivity contribution in [3.63, 3.8) is 0 Å². The minimum Gasteiger partial charge on any atom is -0.545 e. The molecule has 0 saturated carbocycles. The molecule has 32 heavy (non-hydrogen) atoms. The molecule has 0 amide bonds. The van der Waals surface area contributed by atoms with E-state index in [9.17, 15) is 9.59 Å². The molecule has 8 nitrogen and oxygen atoms in total. The first-order valence-electron chi connectivity index (χ1n) is 11.0. The summed E-state index contributed by atoms with van der Waals surface area (Å²) in [7, 11) is -2.15. The quantitative estimate of drug-likeness (QED) is 0.655. The zero-order valence-electron chi connectivity index (χ0n) is 19.9. The van der Waals surface area contributed by atoms with Crippen molar-refractivity contribution in [2.75, 3.05) is 6.61 Å². The molecule has 0 aliphatic carbocycles. The molecule has 2 aromatic rings. The fraction of sp³-hybridized carbons (Fsp3) is 0.565. The molecule has 9 heteroatoms.